The summed E-state index contributed by atoms with van der Waals surface area (Å²) in [7, 11) is 0. The van der Waals surface area contributed by atoms with Crippen molar-refractivity contribution in [1.82, 2.24) is 10.2 Å². The van der Waals surface area contributed by atoms with E-state index in [2.05, 4.69) is 15.4 Å². The third-order valence-electron chi connectivity index (χ3n) is 4.24. The maximum atomic E-state index is 12.3. The first-order valence-electron chi connectivity index (χ1n) is 7.45. The van der Waals surface area contributed by atoms with Gasteiger partial charge in [-0.1, -0.05) is 18.5 Å². The van der Waals surface area contributed by atoms with E-state index in [1.54, 1.807) is 6.92 Å². The zero-order valence-corrected chi connectivity index (χ0v) is 12.9. The SMILES string of the molecule is CCC(C)(C(=O)NC(C)CN1CCCCC1)C(N)=NO. The molecule has 0 radical (unpaired) electrons. The number of likely N-dealkylation sites (tertiary alicyclic amines) is 1. The fraction of sp³-hybridized carbons (Fsp3) is 0.857. The van der Waals surface area contributed by atoms with Crippen LogP contribution in [0.2, 0.25) is 0 Å². The van der Waals surface area contributed by atoms with Gasteiger partial charge in [-0.15, -0.1) is 0 Å². The van der Waals surface area contributed by atoms with Crippen LogP contribution in [-0.4, -0.2) is 47.5 Å². The Labute approximate surface area is 121 Å². The van der Waals surface area contributed by atoms with Crippen molar-refractivity contribution < 1.29 is 10.0 Å². The van der Waals surface area contributed by atoms with Gasteiger partial charge in [0.2, 0.25) is 5.91 Å². The Morgan fingerprint density at radius 2 is 2.05 bits per heavy atom. The van der Waals surface area contributed by atoms with Crippen LogP contribution in [0.25, 0.3) is 0 Å². The van der Waals surface area contributed by atoms with Crippen molar-refractivity contribution in [3.05, 3.63) is 0 Å². The van der Waals surface area contributed by atoms with Crippen LogP contribution in [0.1, 0.15) is 46.5 Å². The number of carbonyl (C=O) groups is 1. The molecule has 0 aromatic heterocycles. The average molecular weight is 284 g/mol. The van der Waals surface area contributed by atoms with E-state index in [0.29, 0.717) is 6.42 Å². The molecule has 0 aromatic carbocycles. The molecule has 1 aliphatic rings. The number of nitrogens with zero attached hydrogens (tertiary/aromatic N) is 2. The minimum absolute atomic E-state index is 0.0392. The van der Waals surface area contributed by atoms with Crippen LogP contribution < -0.4 is 11.1 Å². The molecule has 2 atom stereocenters. The molecule has 4 N–H and O–H groups in total. The molecule has 1 rings (SSSR count). The van der Waals surface area contributed by atoms with Gasteiger partial charge in [-0.25, -0.2) is 0 Å². The van der Waals surface area contributed by atoms with E-state index >= 15 is 0 Å². The molecule has 1 amide bonds. The standard InChI is InChI=1S/C14H28N4O2/c1-4-14(3,12(15)17-20)13(19)16-11(2)10-18-8-6-5-7-9-18/h11,20H,4-10H2,1-3H3,(H2,15,17)(H,16,19). The zero-order chi connectivity index (χ0) is 15.2. The second kappa shape index (κ2) is 7.47. The van der Waals surface area contributed by atoms with Crippen molar-refractivity contribution in [3.63, 3.8) is 0 Å². The summed E-state index contributed by atoms with van der Waals surface area (Å²) in [5.41, 5.74) is 4.70. The van der Waals surface area contributed by atoms with Crippen LogP contribution >= 0.6 is 0 Å². The van der Waals surface area contributed by atoms with Gasteiger partial charge in [0, 0.05) is 12.6 Å². The Morgan fingerprint density at radius 3 is 2.55 bits per heavy atom. The minimum Gasteiger partial charge on any atom is -0.409 e. The summed E-state index contributed by atoms with van der Waals surface area (Å²) in [6.07, 6.45) is 4.26. The van der Waals surface area contributed by atoms with Crippen molar-refractivity contribution in [1.29, 1.82) is 0 Å². The summed E-state index contributed by atoms with van der Waals surface area (Å²) in [5, 5.41) is 14.8. The largest absolute Gasteiger partial charge is 0.409 e. The number of hydrogen-bond donors (Lipinski definition) is 3. The van der Waals surface area contributed by atoms with Crippen molar-refractivity contribution in [2.24, 2.45) is 16.3 Å². The molecule has 116 valence electrons. The molecule has 2 unspecified atom stereocenters. The highest BCUT2D eigenvalue weighted by Crippen LogP contribution is 2.22. The second-order valence-electron chi connectivity index (χ2n) is 5.91. The molecule has 0 bridgehead atoms. The molecule has 0 aliphatic carbocycles. The molecular weight excluding hydrogens is 256 g/mol. The van der Waals surface area contributed by atoms with Crippen LogP contribution in [0.3, 0.4) is 0 Å². The van der Waals surface area contributed by atoms with Gasteiger partial charge >= 0.3 is 0 Å². The summed E-state index contributed by atoms with van der Waals surface area (Å²) in [5.74, 6) is -0.220. The fourth-order valence-electron chi connectivity index (χ4n) is 2.53. The van der Waals surface area contributed by atoms with Gasteiger partial charge in [0.05, 0.1) is 0 Å². The summed E-state index contributed by atoms with van der Waals surface area (Å²) >= 11 is 0. The zero-order valence-electron chi connectivity index (χ0n) is 12.9. The van der Waals surface area contributed by atoms with Gasteiger partial charge in [0.1, 0.15) is 5.41 Å². The summed E-state index contributed by atoms with van der Waals surface area (Å²) < 4.78 is 0. The maximum Gasteiger partial charge on any atom is 0.233 e. The lowest BCUT2D eigenvalue weighted by Crippen LogP contribution is -2.52. The molecule has 1 heterocycles. The molecule has 0 aromatic rings. The summed E-state index contributed by atoms with van der Waals surface area (Å²) in [6, 6.07) is 0.0537. The van der Waals surface area contributed by atoms with Crippen molar-refractivity contribution in [2.45, 2.75) is 52.5 Å². The quantitative estimate of drug-likeness (QED) is 0.295. The van der Waals surface area contributed by atoms with Crippen LogP contribution in [0.15, 0.2) is 5.16 Å². The van der Waals surface area contributed by atoms with Gasteiger partial charge in [-0.2, -0.15) is 0 Å². The van der Waals surface area contributed by atoms with Crippen molar-refractivity contribution >= 4 is 11.7 Å². The molecule has 6 nitrogen and oxygen atoms in total. The third-order valence-corrected chi connectivity index (χ3v) is 4.24. The number of piperidine rings is 1. The van der Waals surface area contributed by atoms with Gasteiger partial charge in [0.25, 0.3) is 0 Å². The van der Waals surface area contributed by atoms with E-state index in [0.717, 1.165) is 19.6 Å². The smallest absolute Gasteiger partial charge is 0.233 e. The highest BCUT2D eigenvalue weighted by atomic mass is 16.4. The Kier molecular flexibility index (Phi) is 6.26. The number of rotatable bonds is 6. The molecule has 6 heteroatoms. The van der Waals surface area contributed by atoms with Gasteiger partial charge in [-0.3, -0.25) is 4.79 Å². The van der Waals surface area contributed by atoms with E-state index in [4.69, 9.17) is 10.9 Å². The first-order valence-corrected chi connectivity index (χ1v) is 7.45. The molecule has 0 spiro atoms. The molecule has 1 saturated heterocycles. The summed E-state index contributed by atoms with van der Waals surface area (Å²) in [6.45, 7) is 8.60. The van der Waals surface area contributed by atoms with E-state index in [1.807, 2.05) is 13.8 Å². The number of carbonyl (C=O) groups excluding carboxylic acids is 1. The fourth-order valence-corrected chi connectivity index (χ4v) is 2.53. The second-order valence-corrected chi connectivity index (χ2v) is 5.91. The summed E-state index contributed by atoms with van der Waals surface area (Å²) in [4.78, 5) is 14.7. The first kappa shape index (κ1) is 16.8. The number of amidine groups is 1. The lowest BCUT2D eigenvalue weighted by Gasteiger charge is -2.32. The van der Waals surface area contributed by atoms with Crippen LogP contribution in [0.5, 0.6) is 0 Å². The van der Waals surface area contributed by atoms with Crippen LogP contribution in [0, 0.1) is 5.41 Å². The predicted octanol–water partition coefficient (Wildman–Crippen LogP) is 1.14. The Hall–Kier alpha value is -1.30. The molecule has 1 aliphatic heterocycles. The van der Waals surface area contributed by atoms with E-state index in [-0.39, 0.29) is 17.8 Å². The third kappa shape index (κ3) is 4.10. The minimum atomic E-state index is -0.953. The number of nitrogens with two attached hydrogens (primary N) is 1. The van der Waals surface area contributed by atoms with Gasteiger partial charge in [-0.05, 0) is 46.2 Å². The van der Waals surface area contributed by atoms with Crippen molar-refractivity contribution in [3.8, 4) is 0 Å². The number of nitrogens with one attached hydrogen (secondary N) is 1. The van der Waals surface area contributed by atoms with Gasteiger partial charge < -0.3 is 21.2 Å². The normalized spacial score (nSPS) is 22.1. The maximum absolute atomic E-state index is 12.3. The first-order chi connectivity index (χ1) is 9.43. The number of oxime groups is 1. The Bertz CT molecular complexity index is 353. The molecule has 1 fully saturated rings. The number of amides is 1. The highest BCUT2D eigenvalue weighted by Gasteiger charge is 2.37. The molecule has 0 saturated carbocycles. The van der Waals surface area contributed by atoms with Gasteiger partial charge in [0.15, 0.2) is 5.84 Å². The predicted molar refractivity (Wildman–Crippen MR) is 79.7 cm³/mol. The molecular formula is C14H28N4O2. The van der Waals surface area contributed by atoms with E-state index < -0.39 is 5.41 Å². The average Bonchev–Trinajstić information content (AvgIpc) is 2.46. The Balaban J connectivity index is 2.55. The molecule has 20 heavy (non-hydrogen) atoms. The Morgan fingerprint density at radius 1 is 1.45 bits per heavy atom. The lowest BCUT2D eigenvalue weighted by atomic mass is 9.85. The van der Waals surface area contributed by atoms with E-state index in [9.17, 15) is 4.79 Å². The van der Waals surface area contributed by atoms with Crippen molar-refractivity contribution in [2.75, 3.05) is 19.6 Å². The topological polar surface area (TPSA) is 91.0 Å². The van der Waals surface area contributed by atoms with Crippen LogP contribution in [0.4, 0.5) is 0 Å². The monoisotopic (exact) mass is 284 g/mol. The lowest BCUT2D eigenvalue weighted by molar-refractivity contribution is -0.127. The number of hydrogen-bond acceptors (Lipinski definition) is 4. The highest BCUT2D eigenvalue weighted by molar-refractivity contribution is 6.06. The van der Waals surface area contributed by atoms with Crippen LogP contribution in [-0.2, 0) is 4.79 Å². The van der Waals surface area contributed by atoms with E-state index in [1.165, 1.54) is 19.3 Å².